The first-order valence-electron chi connectivity index (χ1n) is 7.32. The maximum atomic E-state index is 4.31. The zero-order valence-corrected chi connectivity index (χ0v) is 10.7. The molecule has 6 atom stereocenters. The van der Waals surface area contributed by atoms with Crippen molar-refractivity contribution in [2.45, 2.75) is 25.7 Å². The van der Waals surface area contributed by atoms with Gasteiger partial charge in [-0.3, -0.25) is 0 Å². The molecule has 0 aromatic heterocycles. The summed E-state index contributed by atoms with van der Waals surface area (Å²) in [6, 6.07) is 0. The molecule has 18 heavy (non-hydrogen) atoms. The summed E-state index contributed by atoms with van der Waals surface area (Å²) >= 11 is 0. The summed E-state index contributed by atoms with van der Waals surface area (Å²) in [7, 11) is 0. The Morgan fingerprint density at radius 1 is 0.667 bits per heavy atom. The molecule has 2 nitrogen and oxygen atoms in total. The van der Waals surface area contributed by atoms with Gasteiger partial charge in [0.1, 0.15) is 0 Å². The highest BCUT2D eigenvalue weighted by molar-refractivity contribution is 5.66. The van der Waals surface area contributed by atoms with E-state index in [1.807, 2.05) is 0 Å². The third kappa shape index (κ3) is 1.79. The van der Waals surface area contributed by atoms with Crippen molar-refractivity contribution in [2.24, 2.45) is 45.7 Å². The second-order valence-electron chi connectivity index (χ2n) is 6.42. The number of rotatable bonds is 3. The summed E-state index contributed by atoms with van der Waals surface area (Å²) in [5, 5.41) is 8.61. The van der Waals surface area contributed by atoms with E-state index in [4.69, 9.17) is 0 Å². The van der Waals surface area contributed by atoms with E-state index in [1.54, 1.807) is 0 Å². The predicted molar refractivity (Wildman–Crippen MR) is 74.7 cm³/mol. The van der Waals surface area contributed by atoms with Crippen molar-refractivity contribution >= 4 is 12.4 Å². The minimum absolute atomic E-state index is 0.650. The molecule has 94 valence electrons. The number of allylic oxidation sites excluding steroid dienone is 4. The van der Waals surface area contributed by atoms with Crippen LogP contribution in [0.3, 0.4) is 0 Å². The molecule has 0 aromatic rings. The van der Waals surface area contributed by atoms with E-state index in [9.17, 15) is 0 Å². The topological polar surface area (TPSA) is 24.7 Å². The lowest BCUT2D eigenvalue weighted by Gasteiger charge is -2.12. The van der Waals surface area contributed by atoms with E-state index < -0.39 is 0 Å². The van der Waals surface area contributed by atoms with Gasteiger partial charge in [0, 0.05) is 24.3 Å². The molecule has 0 amide bonds. The van der Waals surface area contributed by atoms with Gasteiger partial charge in [0.2, 0.25) is 0 Å². The zero-order chi connectivity index (χ0) is 11.9. The predicted octanol–water partition coefficient (Wildman–Crippen LogP) is 3.47. The molecule has 2 heteroatoms. The summed E-state index contributed by atoms with van der Waals surface area (Å²) in [6.07, 6.45) is 18.9. The molecule has 0 N–H and O–H groups in total. The molecule has 2 fully saturated rings. The summed E-state index contributed by atoms with van der Waals surface area (Å²) < 4.78 is 0. The number of hydrogen-bond donors (Lipinski definition) is 0. The average Bonchev–Trinajstić information content (AvgIpc) is 3.13. The minimum atomic E-state index is 0.650. The lowest BCUT2D eigenvalue weighted by atomic mass is 9.95. The van der Waals surface area contributed by atoms with Crippen molar-refractivity contribution in [3.8, 4) is 0 Å². The maximum Gasteiger partial charge on any atom is 0.0307 e. The first-order chi connectivity index (χ1) is 8.88. The normalized spacial score (nSPS) is 48.4. The fourth-order valence-electron chi connectivity index (χ4n) is 4.24. The molecule has 4 bridgehead atoms. The number of fused-ring (bicyclic) bond motifs is 4. The fraction of sp³-hybridized carbons (Fsp3) is 0.625. The molecule has 4 aliphatic carbocycles. The summed E-state index contributed by atoms with van der Waals surface area (Å²) in [4.78, 5) is 0. The molecule has 4 aliphatic rings. The van der Waals surface area contributed by atoms with Crippen LogP contribution < -0.4 is 0 Å². The molecule has 0 spiro atoms. The van der Waals surface area contributed by atoms with Crippen LogP contribution in [0.5, 0.6) is 0 Å². The van der Waals surface area contributed by atoms with Crippen molar-refractivity contribution < 1.29 is 0 Å². The lowest BCUT2D eigenvalue weighted by molar-refractivity contribution is 0.589. The van der Waals surface area contributed by atoms with E-state index in [-0.39, 0.29) is 0 Å². The molecule has 0 aromatic carbocycles. The van der Waals surface area contributed by atoms with Gasteiger partial charge in [0.25, 0.3) is 0 Å². The van der Waals surface area contributed by atoms with Gasteiger partial charge >= 0.3 is 0 Å². The van der Waals surface area contributed by atoms with E-state index in [0.29, 0.717) is 11.8 Å². The Hall–Kier alpha value is -1.18. The Balaban J connectivity index is 1.33. The molecule has 2 saturated carbocycles. The van der Waals surface area contributed by atoms with E-state index >= 15 is 0 Å². The van der Waals surface area contributed by atoms with Gasteiger partial charge in [-0.2, -0.15) is 10.2 Å². The molecule has 0 heterocycles. The molecular formula is C16H20N2. The van der Waals surface area contributed by atoms with Crippen LogP contribution in [0.25, 0.3) is 0 Å². The second kappa shape index (κ2) is 4.18. The first-order valence-corrected chi connectivity index (χ1v) is 7.32. The van der Waals surface area contributed by atoms with Crippen LogP contribution in [-0.2, 0) is 0 Å². The van der Waals surface area contributed by atoms with Gasteiger partial charge in [-0.1, -0.05) is 24.3 Å². The maximum absolute atomic E-state index is 4.31. The molecule has 0 radical (unpaired) electrons. The van der Waals surface area contributed by atoms with Crippen LogP contribution in [0.4, 0.5) is 0 Å². The third-order valence-corrected chi connectivity index (χ3v) is 5.24. The molecule has 0 saturated heterocycles. The van der Waals surface area contributed by atoms with Gasteiger partial charge in [0.05, 0.1) is 0 Å². The van der Waals surface area contributed by atoms with Gasteiger partial charge in [-0.25, -0.2) is 0 Å². The van der Waals surface area contributed by atoms with Crippen LogP contribution in [-0.4, -0.2) is 12.4 Å². The van der Waals surface area contributed by atoms with Crippen molar-refractivity contribution in [3.05, 3.63) is 24.3 Å². The second-order valence-corrected chi connectivity index (χ2v) is 6.42. The zero-order valence-electron chi connectivity index (χ0n) is 10.7. The van der Waals surface area contributed by atoms with E-state index in [1.165, 1.54) is 25.7 Å². The SMILES string of the molecule is C1=C[C@H]2C[C@H]1C[C@H]2/C=N\N=C/[C@H]1C[C@@H]2C=C[C@@H]1C2. The van der Waals surface area contributed by atoms with Crippen LogP contribution >= 0.6 is 0 Å². The molecular weight excluding hydrogens is 220 g/mol. The molecule has 4 rings (SSSR count). The summed E-state index contributed by atoms with van der Waals surface area (Å²) in [6.45, 7) is 0. The monoisotopic (exact) mass is 240 g/mol. The quantitative estimate of drug-likeness (QED) is 0.410. The van der Waals surface area contributed by atoms with Crippen molar-refractivity contribution in [2.75, 3.05) is 0 Å². The summed E-state index contributed by atoms with van der Waals surface area (Å²) in [5.74, 6) is 4.45. The largest absolute Gasteiger partial charge is 0.164 e. The Bertz CT molecular complexity index is 404. The van der Waals surface area contributed by atoms with E-state index in [2.05, 4.69) is 46.9 Å². The van der Waals surface area contributed by atoms with Crippen LogP contribution in [0, 0.1) is 35.5 Å². The highest BCUT2D eigenvalue weighted by Gasteiger charge is 2.35. The Morgan fingerprint density at radius 3 is 1.50 bits per heavy atom. The van der Waals surface area contributed by atoms with Gasteiger partial charge in [-0.15, -0.1) is 0 Å². The average molecular weight is 240 g/mol. The first kappa shape index (κ1) is 10.7. The number of hydrogen-bond acceptors (Lipinski definition) is 2. The van der Waals surface area contributed by atoms with Gasteiger partial charge < -0.3 is 0 Å². The van der Waals surface area contributed by atoms with Crippen LogP contribution in [0.15, 0.2) is 34.5 Å². The van der Waals surface area contributed by atoms with Crippen molar-refractivity contribution in [1.29, 1.82) is 0 Å². The highest BCUT2D eigenvalue weighted by Crippen LogP contribution is 2.43. The smallest absolute Gasteiger partial charge is 0.0307 e. The lowest BCUT2D eigenvalue weighted by Crippen LogP contribution is -2.09. The molecule has 0 aliphatic heterocycles. The molecule has 0 unspecified atom stereocenters. The van der Waals surface area contributed by atoms with Crippen molar-refractivity contribution in [1.82, 2.24) is 0 Å². The Morgan fingerprint density at radius 2 is 1.17 bits per heavy atom. The highest BCUT2D eigenvalue weighted by atomic mass is 15.2. The standard InChI is InChI=1S/C16H20N2/c1-3-13-5-11(1)7-15(13)9-17-18-10-16-8-12-2-4-14(16)6-12/h1-4,9-16H,5-8H2/b17-9-,18-10-/t11-,12+,13-,14+,15-,16+. The summed E-state index contributed by atoms with van der Waals surface area (Å²) in [5.41, 5.74) is 0. The van der Waals surface area contributed by atoms with E-state index in [0.717, 1.165) is 23.7 Å². The third-order valence-electron chi connectivity index (χ3n) is 5.24. The van der Waals surface area contributed by atoms with Gasteiger partial charge in [-0.05, 0) is 49.4 Å². The Labute approximate surface area is 109 Å². The van der Waals surface area contributed by atoms with Crippen LogP contribution in [0.1, 0.15) is 25.7 Å². The Kier molecular flexibility index (Phi) is 2.49. The fourth-order valence-corrected chi connectivity index (χ4v) is 4.24. The van der Waals surface area contributed by atoms with Crippen LogP contribution in [0.2, 0.25) is 0 Å². The van der Waals surface area contributed by atoms with Crippen molar-refractivity contribution in [3.63, 3.8) is 0 Å². The number of nitrogens with zero attached hydrogens (tertiary/aromatic N) is 2. The minimum Gasteiger partial charge on any atom is -0.164 e. The van der Waals surface area contributed by atoms with Gasteiger partial charge in [0.15, 0.2) is 0 Å².